The number of carbonyl (C=O) groups is 3. The Morgan fingerprint density at radius 1 is 1.04 bits per heavy atom. The molecule has 0 heterocycles. The van der Waals surface area contributed by atoms with Gasteiger partial charge in [0, 0.05) is 6.42 Å². The molecule has 0 spiro atoms. The fourth-order valence-corrected chi connectivity index (χ4v) is 2.41. The largest absolute Gasteiger partial charge is 0.497 e. The number of carbonyl (C=O) groups excluding carboxylic acids is 2. The molecule has 0 aromatic heterocycles. The molecule has 3 N–H and O–H groups in total. The molecular formula is C20H22N2O5. The summed E-state index contributed by atoms with van der Waals surface area (Å²) in [6.07, 6.45) is 0.842. The predicted molar refractivity (Wildman–Crippen MR) is 101 cm³/mol. The number of rotatable bonds is 8. The van der Waals surface area contributed by atoms with Crippen molar-refractivity contribution in [2.24, 2.45) is 0 Å². The van der Waals surface area contributed by atoms with E-state index in [0.29, 0.717) is 12.2 Å². The number of carboxylic acids is 1. The van der Waals surface area contributed by atoms with Crippen LogP contribution in [0.3, 0.4) is 0 Å². The van der Waals surface area contributed by atoms with Crippen LogP contribution in [-0.2, 0) is 16.0 Å². The van der Waals surface area contributed by atoms with Gasteiger partial charge in [0.25, 0.3) is 0 Å². The zero-order valence-electron chi connectivity index (χ0n) is 15.2. The average Bonchev–Trinajstić information content (AvgIpc) is 2.66. The van der Waals surface area contributed by atoms with E-state index in [1.165, 1.54) is 19.2 Å². The van der Waals surface area contributed by atoms with E-state index >= 15 is 0 Å². The number of carboxylic acid groups (broad SMARTS) is 1. The zero-order chi connectivity index (χ0) is 19.8. The van der Waals surface area contributed by atoms with Gasteiger partial charge in [0.15, 0.2) is 0 Å². The molecule has 2 aromatic carbocycles. The van der Waals surface area contributed by atoms with E-state index in [1.54, 1.807) is 6.07 Å². The smallest absolute Gasteiger partial charge is 0.337 e. The van der Waals surface area contributed by atoms with Crippen molar-refractivity contribution in [2.75, 3.05) is 19.0 Å². The van der Waals surface area contributed by atoms with Gasteiger partial charge in [0.1, 0.15) is 5.75 Å². The minimum atomic E-state index is -1.19. The van der Waals surface area contributed by atoms with Crippen LogP contribution in [-0.4, -0.2) is 36.5 Å². The van der Waals surface area contributed by atoms with Crippen LogP contribution in [0.15, 0.2) is 42.5 Å². The number of benzene rings is 2. The number of aromatic carboxylic acids is 1. The Morgan fingerprint density at radius 3 is 2.37 bits per heavy atom. The molecule has 0 unspecified atom stereocenters. The van der Waals surface area contributed by atoms with E-state index < -0.39 is 11.9 Å². The van der Waals surface area contributed by atoms with Gasteiger partial charge < -0.3 is 20.5 Å². The monoisotopic (exact) mass is 370 g/mol. The van der Waals surface area contributed by atoms with Crippen LogP contribution in [0, 0.1) is 6.92 Å². The lowest BCUT2D eigenvalue weighted by molar-refractivity contribution is -0.124. The molecule has 7 heteroatoms. The van der Waals surface area contributed by atoms with Crippen molar-refractivity contribution in [1.29, 1.82) is 0 Å². The molecule has 2 rings (SSSR count). The standard InChI is InChI=1S/C20H22N2O5/c1-13-3-5-14(6-4-13)7-10-18(23)21-12-19(24)22-17-9-8-15(27-2)11-16(17)20(25)26/h3-6,8-9,11H,7,10,12H2,1-2H3,(H,21,23)(H,22,24)(H,25,26). The van der Waals surface area contributed by atoms with Crippen LogP contribution >= 0.6 is 0 Å². The van der Waals surface area contributed by atoms with Gasteiger partial charge in [-0.1, -0.05) is 29.8 Å². The highest BCUT2D eigenvalue weighted by Gasteiger charge is 2.14. The number of ether oxygens (including phenoxy) is 1. The average molecular weight is 370 g/mol. The summed E-state index contributed by atoms with van der Waals surface area (Å²) in [4.78, 5) is 35.2. The summed E-state index contributed by atoms with van der Waals surface area (Å²) in [5.41, 5.74) is 2.25. The van der Waals surface area contributed by atoms with E-state index in [4.69, 9.17) is 4.74 Å². The summed E-state index contributed by atoms with van der Waals surface area (Å²) < 4.78 is 4.98. The third kappa shape index (κ3) is 6.14. The second kappa shape index (κ2) is 9.38. The third-order valence-corrected chi connectivity index (χ3v) is 3.94. The molecule has 0 radical (unpaired) electrons. The molecule has 0 saturated carbocycles. The maximum absolute atomic E-state index is 12.0. The van der Waals surface area contributed by atoms with Crippen LogP contribution in [0.1, 0.15) is 27.9 Å². The minimum absolute atomic E-state index is 0.0894. The molecule has 27 heavy (non-hydrogen) atoms. The van der Waals surface area contributed by atoms with E-state index in [0.717, 1.165) is 11.1 Å². The zero-order valence-corrected chi connectivity index (χ0v) is 15.2. The van der Waals surface area contributed by atoms with Gasteiger partial charge in [-0.05, 0) is 37.1 Å². The molecule has 0 bridgehead atoms. The van der Waals surface area contributed by atoms with E-state index in [9.17, 15) is 19.5 Å². The van der Waals surface area contributed by atoms with Crippen molar-refractivity contribution in [3.05, 3.63) is 59.2 Å². The van der Waals surface area contributed by atoms with Gasteiger partial charge in [0.2, 0.25) is 11.8 Å². The lowest BCUT2D eigenvalue weighted by Gasteiger charge is -2.11. The summed E-state index contributed by atoms with van der Waals surface area (Å²) in [6.45, 7) is 1.76. The molecule has 2 aromatic rings. The number of anilines is 1. The molecule has 0 aliphatic heterocycles. The lowest BCUT2D eigenvalue weighted by Crippen LogP contribution is -2.33. The number of hydrogen-bond donors (Lipinski definition) is 3. The predicted octanol–water partition coefficient (Wildman–Crippen LogP) is 2.39. The van der Waals surface area contributed by atoms with Crippen molar-refractivity contribution in [1.82, 2.24) is 5.32 Å². The van der Waals surface area contributed by atoms with Crippen LogP contribution in [0.4, 0.5) is 5.69 Å². The normalized spacial score (nSPS) is 10.1. The second-order valence-electron chi connectivity index (χ2n) is 6.03. The third-order valence-electron chi connectivity index (χ3n) is 3.94. The molecule has 0 fully saturated rings. The van der Waals surface area contributed by atoms with E-state index in [2.05, 4.69) is 10.6 Å². The van der Waals surface area contributed by atoms with Crippen LogP contribution in [0.25, 0.3) is 0 Å². The molecule has 0 atom stereocenters. The topological polar surface area (TPSA) is 105 Å². The first-order valence-electron chi connectivity index (χ1n) is 8.42. The minimum Gasteiger partial charge on any atom is -0.497 e. The fraction of sp³-hybridized carbons (Fsp3) is 0.250. The molecule has 0 saturated heterocycles. The SMILES string of the molecule is COc1ccc(NC(=O)CNC(=O)CCc2ccc(C)cc2)c(C(=O)O)c1. The van der Waals surface area contributed by atoms with Gasteiger partial charge >= 0.3 is 5.97 Å². The van der Waals surface area contributed by atoms with Gasteiger partial charge in [0.05, 0.1) is 24.9 Å². The highest BCUT2D eigenvalue weighted by atomic mass is 16.5. The number of aryl methyl sites for hydroxylation is 2. The highest BCUT2D eigenvalue weighted by molar-refractivity contribution is 6.02. The first-order valence-corrected chi connectivity index (χ1v) is 8.42. The van der Waals surface area contributed by atoms with Crippen molar-refractivity contribution in [2.45, 2.75) is 19.8 Å². The maximum Gasteiger partial charge on any atom is 0.337 e. The molecule has 2 amide bonds. The molecular weight excluding hydrogens is 348 g/mol. The highest BCUT2D eigenvalue weighted by Crippen LogP contribution is 2.22. The van der Waals surface area contributed by atoms with Gasteiger partial charge in [-0.2, -0.15) is 0 Å². The first-order chi connectivity index (χ1) is 12.9. The second-order valence-corrected chi connectivity index (χ2v) is 6.03. The van der Waals surface area contributed by atoms with Gasteiger partial charge in [-0.3, -0.25) is 9.59 Å². The Morgan fingerprint density at radius 2 is 1.74 bits per heavy atom. The summed E-state index contributed by atoms with van der Waals surface area (Å²) in [6, 6.07) is 12.2. The van der Waals surface area contributed by atoms with Gasteiger partial charge in [-0.15, -0.1) is 0 Å². The molecule has 0 aliphatic rings. The molecule has 142 valence electrons. The first kappa shape index (κ1) is 20.0. The Hall–Kier alpha value is -3.35. The summed E-state index contributed by atoms with van der Waals surface area (Å²) >= 11 is 0. The summed E-state index contributed by atoms with van der Waals surface area (Å²) in [7, 11) is 1.42. The Balaban J connectivity index is 1.84. The van der Waals surface area contributed by atoms with E-state index in [-0.39, 0.29) is 30.1 Å². The maximum atomic E-state index is 12.0. The lowest BCUT2D eigenvalue weighted by atomic mass is 10.1. The Bertz CT molecular complexity index is 831. The van der Waals surface area contributed by atoms with Crippen LogP contribution < -0.4 is 15.4 Å². The number of methoxy groups -OCH3 is 1. The quantitative estimate of drug-likeness (QED) is 0.662. The number of nitrogens with one attached hydrogen (secondary N) is 2. The number of hydrogen-bond acceptors (Lipinski definition) is 4. The fourth-order valence-electron chi connectivity index (χ4n) is 2.41. The Kier molecular flexibility index (Phi) is 6.93. The number of amides is 2. The molecule has 0 aliphatic carbocycles. The van der Waals surface area contributed by atoms with Gasteiger partial charge in [-0.25, -0.2) is 4.79 Å². The molecule has 7 nitrogen and oxygen atoms in total. The van der Waals surface area contributed by atoms with Crippen LogP contribution in [0.5, 0.6) is 5.75 Å². The summed E-state index contributed by atoms with van der Waals surface area (Å²) in [5.74, 6) is -1.58. The summed E-state index contributed by atoms with van der Waals surface area (Å²) in [5, 5.41) is 14.3. The van der Waals surface area contributed by atoms with Crippen molar-refractivity contribution in [3.63, 3.8) is 0 Å². The van der Waals surface area contributed by atoms with Crippen molar-refractivity contribution >= 4 is 23.5 Å². The van der Waals surface area contributed by atoms with Crippen LogP contribution in [0.2, 0.25) is 0 Å². The van der Waals surface area contributed by atoms with Crippen molar-refractivity contribution < 1.29 is 24.2 Å². The Labute approximate surface area is 157 Å². The van der Waals surface area contributed by atoms with E-state index in [1.807, 2.05) is 31.2 Å². The van der Waals surface area contributed by atoms with Crippen molar-refractivity contribution in [3.8, 4) is 5.75 Å².